The average molecular weight is 259 g/mol. The van der Waals surface area contributed by atoms with Gasteiger partial charge in [0.25, 0.3) is 0 Å². The fourth-order valence-corrected chi connectivity index (χ4v) is 2.63. The van der Waals surface area contributed by atoms with Crippen molar-refractivity contribution in [1.82, 2.24) is 10.3 Å². The summed E-state index contributed by atoms with van der Waals surface area (Å²) in [4.78, 5) is 7.06. The molecule has 0 bridgehead atoms. The van der Waals surface area contributed by atoms with Crippen molar-refractivity contribution in [2.24, 2.45) is 5.92 Å². The first-order valence-electron chi connectivity index (χ1n) is 7.78. The van der Waals surface area contributed by atoms with E-state index in [9.17, 15) is 0 Å². The quantitative estimate of drug-likeness (QED) is 0.816. The summed E-state index contributed by atoms with van der Waals surface area (Å²) in [5, 5.41) is 3.53. The van der Waals surface area contributed by atoms with Gasteiger partial charge in [0.15, 0.2) is 0 Å². The molecule has 0 amide bonds. The van der Waals surface area contributed by atoms with Crippen LogP contribution >= 0.6 is 0 Å². The first-order chi connectivity index (χ1) is 9.35. The van der Waals surface area contributed by atoms with Crippen LogP contribution in [0.15, 0.2) is 18.3 Å². The molecule has 2 aliphatic carbocycles. The molecule has 2 aliphatic rings. The molecule has 0 saturated heterocycles. The third-order valence-electron chi connectivity index (χ3n) is 4.39. The molecule has 3 heteroatoms. The van der Waals surface area contributed by atoms with E-state index in [-0.39, 0.29) is 0 Å². The Morgan fingerprint density at radius 1 is 1.26 bits per heavy atom. The van der Waals surface area contributed by atoms with Gasteiger partial charge < -0.3 is 10.2 Å². The summed E-state index contributed by atoms with van der Waals surface area (Å²) in [6, 6.07) is 5.18. The largest absolute Gasteiger partial charge is 0.357 e. The Morgan fingerprint density at radius 3 is 2.63 bits per heavy atom. The maximum atomic E-state index is 4.65. The van der Waals surface area contributed by atoms with Crippen LogP contribution in [0, 0.1) is 5.92 Å². The van der Waals surface area contributed by atoms with Crippen molar-refractivity contribution in [1.29, 1.82) is 0 Å². The van der Waals surface area contributed by atoms with Gasteiger partial charge in [0.05, 0.1) is 0 Å². The number of anilines is 1. The molecule has 3 nitrogen and oxygen atoms in total. The van der Waals surface area contributed by atoms with Crippen LogP contribution in [-0.2, 0) is 6.54 Å². The predicted octanol–water partition coefficient (Wildman–Crippen LogP) is 2.96. The highest BCUT2D eigenvalue weighted by Gasteiger charge is 2.21. The van der Waals surface area contributed by atoms with E-state index >= 15 is 0 Å². The van der Waals surface area contributed by atoms with E-state index in [4.69, 9.17) is 0 Å². The zero-order chi connectivity index (χ0) is 13.1. The molecule has 1 aromatic rings. The molecule has 0 radical (unpaired) electrons. The second kappa shape index (κ2) is 5.91. The maximum Gasteiger partial charge on any atom is 0.128 e. The average Bonchev–Trinajstić information content (AvgIpc) is 3.20. The molecule has 3 rings (SSSR count). The molecular weight excluding hydrogens is 234 g/mol. The SMILES string of the molecule is CCN(CC1CCC1)c1ccc(CNC2CC2)cn1. The second-order valence-electron chi connectivity index (χ2n) is 6.02. The predicted molar refractivity (Wildman–Crippen MR) is 79.3 cm³/mol. The fraction of sp³-hybridized carbons (Fsp3) is 0.688. The maximum absolute atomic E-state index is 4.65. The zero-order valence-corrected chi connectivity index (χ0v) is 11.9. The van der Waals surface area contributed by atoms with Crippen molar-refractivity contribution < 1.29 is 0 Å². The summed E-state index contributed by atoms with van der Waals surface area (Å²) in [7, 11) is 0. The molecular formula is C16H25N3. The molecule has 2 fully saturated rings. The lowest BCUT2D eigenvalue weighted by Crippen LogP contribution is -2.33. The molecule has 0 aliphatic heterocycles. The number of rotatable bonds is 7. The summed E-state index contributed by atoms with van der Waals surface area (Å²) in [6.07, 6.45) is 8.95. The van der Waals surface area contributed by atoms with Crippen molar-refractivity contribution in [2.75, 3.05) is 18.0 Å². The van der Waals surface area contributed by atoms with Gasteiger partial charge in [-0.1, -0.05) is 12.5 Å². The molecule has 1 aromatic heterocycles. The molecule has 0 spiro atoms. The highest BCUT2D eigenvalue weighted by atomic mass is 15.2. The molecule has 0 aromatic carbocycles. The van der Waals surface area contributed by atoms with E-state index in [0.717, 1.165) is 30.9 Å². The number of nitrogens with one attached hydrogen (secondary N) is 1. The highest BCUT2D eigenvalue weighted by molar-refractivity contribution is 5.39. The van der Waals surface area contributed by atoms with Crippen LogP contribution in [0.25, 0.3) is 0 Å². The zero-order valence-electron chi connectivity index (χ0n) is 11.9. The molecule has 19 heavy (non-hydrogen) atoms. The van der Waals surface area contributed by atoms with Gasteiger partial charge in [-0.05, 0) is 50.2 Å². The van der Waals surface area contributed by atoms with Crippen LogP contribution in [0.4, 0.5) is 5.82 Å². The van der Waals surface area contributed by atoms with E-state index in [0.29, 0.717) is 0 Å². The van der Waals surface area contributed by atoms with Gasteiger partial charge in [-0.3, -0.25) is 0 Å². The molecule has 2 saturated carbocycles. The molecule has 0 atom stereocenters. The van der Waals surface area contributed by atoms with Crippen molar-refractivity contribution >= 4 is 5.82 Å². The Morgan fingerprint density at radius 2 is 2.11 bits per heavy atom. The standard InChI is InChI=1S/C16H25N3/c1-2-19(12-13-4-3-5-13)16-9-6-14(11-18-16)10-17-15-7-8-15/h6,9,11,13,15,17H,2-5,7-8,10,12H2,1H3. The van der Waals surface area contributed by atoms with Crippen LogP contribution in [-0.4, -0.2) is 24.1 Å². The number of aromatic nitrogens is 1. The third-order valence-corrected chi connectivity index (χ3v) is 4.39. The Hall–Kier alpha value is -1.09. The van der Waals surface area contributed by atoms with Gasteiger partial charge in [-0.25, -0.2) is 4.98 Å². The van der Waals surface area contributed by atoms with Gasteiger partial charge >= 0.3 is 0 Å². The van der Waals surface area contributed by atoms with Gasteiger partial charge in [-0.2, -0.15) is 0 Å². The third kappa shape index (κ3) is 3.47. The molecule has 1 heterocycles. The normalized spacial score (nSPS) is 19.2. The summed E-state index contributed by atoms with van der Waals surface area (Å²) in [6.45, 7) is 5.43. The number of hydrogen-bond donors (Lipinski definition) is 1. The van der Waals surface area contributed by atoms with Gasteiger partial charge in [0, 0.05) is 31.9 Å². The van der Waals surface area contributed by atoms with Gasteiger partial charge in [-0.15, -0.1) is 0 Å². The van der Waals surface area contributed by atoms with E-state index in [1.807, 2.05) is 6.20 Å². The van der Waals surface area contributed by atoms with Crippen LogP contribution in [0.2, 0.25) is 0 Å². The minimum absolute atomic E-state index is 0.769. The Balaban J connectivity index is 1.55. The van der Waals surface area contributed by atoms with Crippen LogP contribution < -0.4 is 10.2 Å². The van der Waals surface area contributed by atoms with Crippen molar-refractivity contribution in [3.05, 3.63) is 23.9 Å². The Labute approximate surface area is 116 Å². The van der Waals surface area contributed by atoms with E-state index < -0.39 is 0 Å². The van der Waals surface area contributed by atoms with Crippen molar-refractivity contribution in [3.63, 3.8) is 0 Å². The summed E-state index contributed by atoms with van der Waals surface area (Å²) < 4.78 is 0. The molecule has 0 unspecified atom stereocenters. The monoisotopic (exact) mass is 259 g/mol. The van der Waals surface area contributed by atoms with Gasteiger partial charge in [0.2, 0.25) is 0 Å². The number of nitrogens with zero attached hydrogens (tertiary/aromatic N) is 2. The summed E-state index contributed by atoms with van der Waals surface area (Å²) in [5.74, 6) is 2.04. The summed E-state index contributed by atoms with van der Waals surface area (Å²) >= 11 is 0. The first kappa shape index (κ1) is 12.9. The number of pyridine rings is 1. The van der Waals surface area contributed by atoms with E-state index in [1.165, 1.54) is 44.2 Å². The Kier molecular flexibility index (Phi) is 4.02. The second-order valence-corrected chi connectivity index (χ2v) is 6.02. The van der Waals surface area contributed by atoms with E-state index in [2.05, 4.69) is 34.3 Å². The lowest BCUT2D eigenvalue weighted by molar-refractivity contribution is 0.318. The topological polar surface area (TPSA) is 28.2 Å². The highest BCUT2D eigenvalue weighted by Crippen LogP contribution is 2.28. The minimum atomic E-state index is 0.769. The van der Waals surface area contributed by atoms with Crippen LogP contribution in [0.5, 0.6) is 0 Å². The first-order valence-corrected chi connectivity index (χ1v) is 7.78. The smallest absolute Gasteiger partial charge is 0.128 e. The van der Waals surface area contributed by atoms with Crippen molar-refractivity contribution in [3.8, 4) is 0 Å². The lowest BCUT2D eigenvalue weighted by atomic mass is 9.85. The lowest BCUT2D eigenvalue weighted by Gasteiger charge is -2.32. The number of hydrogen-bond acceptors (Lipinski definition) is 3. The molecule has 1 N–H and O–H groups in total. The Bertz CT molecular complexity index is 393. The van der Waals surface area contributed by atoms with Gasteiger partial charge in [0.1, 0.15) is 5.82 Å². The van der Waals surface area contributed by atoms with Crippen LogP contribution in [0.3, 0.4) is 0 Å². The molecule has 104 valence electrons. The fourth-order valence-electron chi connectivity index (χ4n) is 2.63. The van der Waals surface area contributed by atoms with Crippen molar-refractivity contribution in [2.45, 2.75) is 51.6 Å². The summed E-state index contributed by atoms with van der Waals surface area (Å²) in [5.41, 5.74) is 1.30. The minimum Gasteiger partial charge on any atom is -0.357 e. The van der Waals surface area contributed by atoms with Crippen LogP contribution in [0.1, 0.15) is 44.6 Å². The van der Waals surface area contributed by atoms with E-state index in [1.54, 1.807) is 0 Å².